The Morgan fingerprint density at radius 2 is 1.71 bits per heavy atom. The van der Waals surface area contributed by atoms with Crippen molar-refractivity contribution in [3.8, 4) is 17.2 Å². The van der Waals surface area contributed by atoms with Crippen LogP contribution in [0, 0.1) is 10.7 Å². The number of carboxylic acid groups (broad SMARTS) is 1. The van der Waals surface area contributed by atoms with E-state index in [1.54, 1.807) is 18.2 Å². The number of rotatable bonds is 5. The van der Waals surface area contributed by atoms with Gasteiger partial charge in [0.15, 0.2) is 5.75 Å². The molecule has 2 aromatic rings. The normalized spacial score (nSPS) is 11.5. The quantitative estimate of drug-likeness (QED) is 0.405. The first-order chi connectivity index (χ1) is 10.8. The first-order valence-electron chi connectivity index (χ1n) is 6.40. The highest BCUT2D eigenvalue weighted by Gasteiger charge is 2.16. The van der Waals surface area contributed by atoms with Crippen LogP contribution in [0.1, 0.15) is 5.56 Å². The van der Waals surface area contributed by atoms with E-state index < -0.39 is 12.0 Å². The number of hydrogen-bond donors (Lipinski definition) is 3. The van der Waals surface area contributed by atoms with E-state index >= 15 is 0 Å². The molecule has 9 heteroatoms. The standard InChI is InChI=1S/C15H12I3NO4.ClH/c16-9-6-8(1-2-13(9)20)23-14-10(17)3-7(4-11(14)18)5-12(19)15(21)22;/h1-4,6,12,20H,5,19H2,(H,21,22);1H/i3+1,4+1,7+1,10+1,11+1,14+1;. The molecule has 1 atom stereocenters. The van der Waals surface area contributed by atoms with Gasteiger partial charge in [0.1, 0.15) is 17.5 Å². The van der Waals surface area contributed by atoms with Gasteiger partial charge in [0, 0.05) is 0 Å². The van der Waals surface area contributed by atoms with Crippen molar-refractivity contribution in [2.75, 3.05) is 0 Å². The molecule has 0 saturated carbocycles. The molecule has 4 N–H and O–H groups in total. The molecule has 0 fully saturated rings. The Hall–Kier alpha value is -0.0500. The number of aliphatic carboxylic acids is 1. The SMILES string of the molecule is Cl.NC(C[13c]1[13cH][13c](I)[13c](Oc2ccc(O)c(I)c2)[13c](I)[13cH]1)C(=O)O. The Labute approximate surface area is 186 Å². The number of carboxylic acids is 1. The zero-order valence-electron chi connectivity index (χ0n) is 12.0. The summed E-state index contributed by atoms with van der Waals surface area (Å²) in [6, 6.07) is 7.83. The molecule has 0 aliphatic heterocycles. The maximum atomic E-state index is 10.9. The third-order valence-electron chi connectivity index (χ3n) is 2.97. The predicted molar refractivity (Wildman–Crippen MR) is 119 cm³/mol. The zero-order chi connectivity index (χ0) is 17.1. The van der Waals surface area contributed by atoms with E-state index in [1.165, 1.54) is 0 Å². The van der Waals surface area contributed by atoms with E-state index in [0.29, 0.717) is 15.1 Å². The van der Waals surface area contributed by atoms with Crippen LogP contribution in [-0.4, -0.2) is 22.2 Å². The Morgan fingerprint density at radius 3 is 2.21 bits per heavy atom. The van der Waals surface area contributed by atoms with E-state index in [0.717, 1.165) is 12.7 Å². The number of halogens is 4. The number of phenols is 1. The van der Waals surface area contributed by atoms with Crippen LogP contribution in [0.15, 0.2) is 30.3 Å². The topological polar surface area (TPSA) is 92.8 Å². The van der Waals surface area contributed by atoms with Gasteiger partial charge >= 0.3 is 5.97 Å². The molecule has 0 aliphatic carbocycles. The molecular formula is C15H13ClI3NO4. The molecule has 2 rings (SSSR count). The number of carbonyl (C=O) groups is 1. The molecule has 24 heavy (non-hydrogen) atoms. The second-order valence-electron chi connectivity index (χ2n) is 4.75. The number of phenolic OH excluding ortho intramolecular Hbond substituents is 1. The molecule has 130 valence electrons. The molecule has 0 bridgehead atoms. The fourth-order valence-corrected chi connectivity index (χ4v) is 4.44. The maximum absolute atomic E-state index is 10.9. The van der Waals surface area contributed by atoms with Crippen molar-refractivity contribution >= 4 is 86.1 Å². The molecular weight excluding hydrogens is 680 g/mol. The molecule has 5 nitrogen and oxygen atoms in total. The number of aromatic hydroxyl groups is 1. The summed E-state index contributed by atoms with van der Waals surface area (Å²) in [5, 5.41) is 18.5. The number of nitrogens with two attached hydrogens (primary N) is 1. The lowest BCUT2D eigenvalue weighted by atomic mass is 10.3. The van der Waals surface area contributed by atoms with E-state index in [9.17, 15) is 9.90 Å². The van der Waals surface area contributed by atoms with Gasteiger partial charge in [-0.3, -0.25) is 4.79 Å². The minimum absolute atomic E-state index is 0. The monoisotopic (exact) mass is 693 g/mol. The third kappa shape index (κ3) is 5.75. The van der Waals surface area contributed by atoms with Crippen LogP contribution in [0.3, 0.4) is 0 Å². The second kappa shape index (κ2) is 9.59. The van der Waals surface area contributed by atoms with Gasteiger partial charge in [0.2, 0.25) is 0 Å². The summed E-state index contributed by atoms with van der Waals surface area (Å²) in [6.07, 6.45) is 0.263. The van der Waals surface area contributed by atoms with Crippen molar-refractivity contribution in [2.24, 2.45) is 5.73 Å². The molecule has 0 radical (unpaired) electrons. The lowest BCUT2D eigenvalue weighted by Gasteiger charge is -2.13. The number of ether oxygens (including phenoxy) is 1. The average molecular weight is 693 g/mol. The van der Waals surface area contributed by atoms with E-state index in [-0.39, 0.29) is 24.6 Å². The van der Waals surface area contributed by atoms with Gasteiger partial charge in [0.05, 0.1) is 10.7 Å². The molecule has 2 aromatic carbocycles. The summed E-state index contributed by atoms with van der Waals surface area (Å²) in [4.78, 5) is 10.9. The van der Waals surface area contributed by atoms with Gasteiger partial charge in [-0.2, -0.15) is 0 Å². The molecule has 0 spiro atoms. The van der Waals surface area contributed by atoms with Crippen LogP contribution < -0.4 is 10.5 Å². The lowest BCUT2D eigenvalue weighted by Crippen LogP contribution is -2.32. The van der Waals surface area contributed by atoms with Crippen molar-refractivity contribution < 1.29 is 19.7 Å². The third-order valence-corrected chi connectivity index (χ3v) is 5.44. The highest BCUT2D eigenvalue weighted by Crippen LogP contribution is 2.34. The van der Waals surface area contributed by atoms with E-state index in [2.05, 4.69) is 45.2 Å². The Balaban J connectivity index is 0.00000288. The summed E-state index contributed by atoms with van der Waals surface area (Å²) < 4.78 is 8.34. The van der Waals surface area contributed by atoms with Crippen molar-refractivity contribution in [3.05, 3.63) is 46.6 Å². The minimum atomic E-state index is -1.02. The Kier molecular flexibility index (Phi) is 8.79. The molecule has 0 amide bonds. The molecule has 0 aliphatic rings. The number of benzene rings is 2. The van der Waals surface area contributed by atoms with Gasteiger partial charge in [-0.1, -0.05) is 0 Å². The van der Waals surface area contributed by atoms with Crippen LogP contribution in [0.2, 0.25) is 0 Å². The summed E-state index contributed by atoms with van der Waals surface area (Å²) in [7, 11) is 0. The highest BCUT2D eigenvalue weighted by molar-refractivity contribution is 14.1. The Bertz CT molecular complexity index is 734. The van der Waals surface area contributed by atoms with Crippen molar-refractivity contribution in [2.45, 2.75) is 12.5 Å². The van der Waals surface area contributed by atoms with Crippen LogP contribution >= 0.6 is 80.2 Å². The predicted octanol–water partition coefficient (Wildman–Crippen LogP) is 4.37. The first-order valence-corrected chi connectivity index (χ1v) is 9.64. The summed E-state index contributed by atoms with van der Waals surface area (Å²) in [5.41, 5.74) is 6.43. The van der Waals surface area contributed by atoms with Crippen molar-refractivity contribution in [1.82, 2.24) is 0 Å². The number of hydrogen-bond acceptors (Lipinski definition) is 4. The van der Waals surface area contributed by atoms with Crippen molar-refractivity contribution in [1.29, 1.82) is 0 Å². The highest BCUT2D eigenvalue weighted by atomic mass is 127. The van der Waals surface area contributed by atoms with E-state index in [4.69, 9.17) is 15.6 Å². The molecule has 0 aromatic heterocycles. The van der Waals surface area contributed by atoms with Gasteiger partial charge < -0.3 is 20.7 Å². The van der Waals surface area contributed by atoms with Crippen LogP contribution in [0.25, 0.3) is 0 Å². The lowest BCUT2D eigenvalue weighted by molar-refractivity contribution is -0.138. The average Bonchev–Trinajstić information content (AvgIpc) is 2.46. The van der Waals surface area contributed by atoms with Gasteiger partial charge in [-0.25, -0.2) is 0 Å². The Morgan fingerprint density at radius 1 is 1.12 bits per heavy atom. The minimum Gasteiger partial charge on any atom is -0.507 e. The van der Waals surface area contributed by atoms with E-state index in [1.807, 2.05) is 34.7 Å². The smallest absolute Gasteiger partial charge is 0.320 e. The van der Waals surface area contributed by atoms with Gasteiger partial charge in [0.25, 0.3) is 0 Å². The molecule has 0 saturated heterocycles. The van der Waals surface area contributed by atoms with Crippen molar-refractivity contribution in [3.63, 3.8) is 0 Å². The maximum Gasteiger partial charge on any atom is 0.320 e. The molecule has 0 heterocycles. The van der Waals surface area contributed by atoms with Crippen LogP contribution in [0.5, 0.6) is 17.2 Å². The van der Waals surface area contributed by atoms with Gasteiger partial charge in [-0.05, 0) is 110 Å². The first kappa shape index (κ1) is 22.0. The fourth-order valence-electron chi connectivity index (χ4n) is 1.84. The zero-order valence-corrected chi connectivity index (χ0v) is 19.3. The summed E-state index contributed by atoms with van der Waals surface area (Å²) in [5.74, 6) is 0.507. The summed E-state index contributed by atoms with van der Waals surface area (Å²) in [6.45, 7) is 0. The van der Waals surface area contributed by atoms with Crippen LogP contribution in [-0.2, 0) is 11.2 Å². The fraction of sp³-hybridized carbons (Fsp3) is 0.133. The van der Waals surface area contributed by atoms with Crippen LogP contribution in [0.4, 0.5) is 0 Å². The second-order valence-corrected chi connectivity index (χ2v) is 8.24. The largest absolute Gasteiger partial charge is 0.507 e. The summed E-state index contributed by atoms with van der Waals surface area (Å²) >= 11 is 6.33. The van der Waals surface area contributed by atoms with Gasteiger partial charge in [-0.15, -0.1) is 12.4 Å². The molecule has 1 unspecified atom stereocenters.